The van der Waals surface area contributed by atoms with E-state index in [9.17, 15) is 14.7 Å². The lowest BCUT2D eigenvalue weighted by Crippen LogP contribution is -2.41. The second kappa shape index (κ2) is 7.10. The Morgan fingerprint density at radius 3 is 2.76 bits per heavy atom. The van der Waals surface area contributed by atoms with Crippen LogP contribution in [0.2, 0.25) is 0 Å². The Hall–Kier alpha value is -2.61. The summed E-state index contributed by atoms with van der Waals surface area (Å²) < 4.78 is 12.5. The number of aryl methyl sites for hydroxylation is 2. The molecule has 1 saturated heterocycles. The molecular weight excluding hydrogens is 326 g/mol. The first kappa shape index (κ1) is 17.2. The Kier molecular flexibility index (Phi) is 4.89. The highest BCUT2D eigenvalue weighted by atomic mass is 16.5. The predicted molar refractivity (Wildman–Crippen MR) is 88.4 cm³/mol. The average molecular weight is 347 g/mol. The van der Waals surface area contributed by atoms with E-state index in [0.717, 1.165) is 0 Å². The maximum Gasteiger partial charge on any atom is 0.227 e. The highest BCUT2D eigenvalue weighted by Gasteiger charge is 2.29. The van der Waals surface area contributed by atoms with E-state index in [4.69, 9.17) is 9.15 Å². The number of aromatic hydroxyl groups is 1. The molecule has 1 atom stereocenters. The molecular formula is C17H21N3O5. The molecule has 134 valence electrons. The molecule has 8 nitrogen and oxygen atoms in total. The first-order valence-electron chi connectivity index (χ1n) is 8.13. The van der Waals surface area contributed by atoms with Crippen LogP contribution in [-0.2, 0) is 16.6 Å². The average Bonchev–Trinajstić information content (AvgIpc) is 3.03. The molecule has 0 spiro atoms. The summed E-state index contributed by atoms with van der Waals surface area (Å²) in [6.07, 6.45) is 3.43. The van der Waals surface area contributed by atoms with Crippen LogP contribution in [0.5, 0.6) is 5.75 Å². The third-order valence-electron chi connectivity index (χ3n) is 4.26. The molecule has 3 heterocycles. The molecule has 1 N–H and O–H groups in total. The number of aromatic nitrogens is 2. The van der Waals surface area contributed by atoms with Gasteiger partial charge in [0.1, 0.15) is 5.76 Å². The van der Waals surface area contributed by atoms with Gasteiger partial charge in [-0.15, -0.1) is 0 Å². The Balaban J connectivity index is 1.96. The monoisotopic (exact) mass is 347 g/mol. The predicted octanol–water partition coefficient (Wildman–Crippen LogP) is 0.768. The molecule has 3 rings (SSSR count). The zero-order chi connectivity index (χ0) is 18.0. The van der Waals surface area contributed by atoms with Crippen molar-refractivity contribution in [1.82, 2.24) is 14.7 Å². The Bertz CT molecular complexity index is 820. The number of carbonyl (C=O) groups is 1. The smallest absolute Gasteiger partial charge is 0.227 e. The summed E-state index contributed by atoms with van der Waals surface area (Å²) in [4.78, 5) is 26.4. The minimum Gasteiger partial charge on any atom is -0.502 e. The van der Waals surface area contributed by atoms with Crippen molar-refractivity contribution in [2.24, 2.45) is 7.05 Å². The van der Waals surface area contributed by atoms with Crippen LogP contribution in [0.4, 0.5) is 0 Å². The van der Waals surface area contributed by atoms with Gasteiger partial charge in [-0.25, -0.2) is 0 Å². The molecule has 2 aromatic rings. The highest BCUT2D eigenvalue weighted by Crippen LogP contribution is 2.33. The first-order valence-corrected chi connectivity index (χ1v) is 8.13. The summed E-state index contributed by atoms with van der Waals surface area (Å²) in [5.74, 6) is -0.656. The molecule has 8 heteroatoms. The normalized spacial score (nSPS) is 16.0. The molecule has 0 radical (unpaired) electrons. The summed E-state index contributed by atoms with van der Waals surface area (Å²) in [5.41, 5.74) is 0.180. The Morgan fingerprint density at radius 1 is 1.40 bits per heavy atom. The largest absolute Gasteiger partial charge is 0.502 e. The summed E-state index contributed by atoms with van der Waals surface area (Å²) in [7, 11) is 1.76. The number of nitrogens with zero attached hydrogens (tertiary/aromatic N) is 3. The van der Waals surface area contributed by atoms with Crippen LogP contribution in [0, 0.1) is 6.92 Å². The fourth-order valence-corrected chi connectivity index (χ4v) is 2.96. The van der Waals surface area contributed by atoms with Crippen molar-refractivity contribution in [2.75, 3.05) is 26.3 Å². The summed E-state index contributed by atoms with van der Waals surface area (Å²) in [5, 5.41) is 14.3. The van der Waals surface area contributed by atoms with E-state index < -0.39 is 17.1 Å². The lowest BCUT2D eigenvalue weighted by molar-refractivity contribution is -0.135. The van der Waals surface area contributed by atoms with E-state index in [-0.39, 0.29) is 18.1 Å². The molecule has 1 aliphatic heterocycles. The number of hydrogen-bond acceptors (Lipinski definition) is 6. The van der Waals surface area contributed by atoms with E-state index in [2.05, 4.69) is 5.10 Å². The van der Waals surface area contributed by atoms with E-state index in [1.807, 2.05) is 0 Å². The number of amides is 1. The summed E-state index contributed by atoms with van der Waals surface area (Å²) in [6, 6.07) is 1.23. The fraction of sp³-hybridized carbons (Fsp3) is 0.471. The Labute approximate surface area is 144 Å². The van der Waals surface area contributed by atoms with Gasteiger partial charge in [0.15, 0.2) is 5.76 Å². The molecule has 0 saturated carbocycles. The van der Waals surface area contributed by atoms with Gasteiger partial charge in [0.05, 0.1) is 25.3 Å². The van der Waals surface area contributed by atoms with Gasteiger partial charge >= 0.3 is 0 Å². The van der Waals surface area contributed by atoms with E-state index >= 15 is 0 Å². The molecule has 0 unspecified atom stereocenters. The fourth-order valence-electron chi connectivity index (χ4n) is 2.96. The summed E-state index contributed by atoms with van der Waals surface area (Å²) in [6.45, 7) is 3.71. The van der Waals surface area contributed by atoms with Gasteiger partial charge in [-0.05, 0) is 6.92 Å². The lowest BCUT2D eigenvalue weighted by Gasteiger charge is -2.28. The maximum absolute atomic E-state index is 12.7. The quantitative estimate of drug-likeness (QED) is 0.877. The first-order chi connectivity index (χ1) is 12.0. The van der Waals surface area contributed by atoms with Gasteiger partial charge in [-0.1, -0.05) is 0 Å². The van der Waals surface area contributed by atoms with Crippen LogP contribution in [-0.4, -0.2) is 52.0 Å². The zero-order valence-electron chi connectivity index (χ0n) is 14.3. The number of hydrogen-bond donors (Lipinski definition) is 1. The van der Waals surface area contributed by atoms with Crippen molar-refractivity contribution in [2.45, 2.75) is 19.3 Å². The van der Waals surface area contributed by atoms with E-state index in [0.29, 0.717) is 37.6 Å². The van der Waals surface area contributed by atoms with Gasteiger partial charge in [0.2, 0.25) is 17.1 Å². The van der Waals surface area contributed by atoms with Crippen molar-refractivity contribution in [1.29, 1.82) is 0 Å². The topological polar surface area (TPSA) is 97.8 Å². The van der Waals surface area contributed by atoms with Gasteiger partial charge in [-0.3, -0.25) is 14.3 Å². The minimum atomic E-state index is -0.586. The standard InChI is InChI=1S/C17H21N3O5/c1-11-7-14(21)16(23)17(25-11)13(12-9-18-19(2)10-12)8-15(22)20-3-5-24-6-4-20/h7,9-10,13,23H,3-6,8H2,1-2H3/t13-/m0/s1. The molecule has 2 aromatic heterocycles. The van der Waals surface area contributed by atoms with Crippen molar-refractivity contribution >= 4 is 5.91 Å². The zero-order valence-corrected chi connectivity index (χ0v) is 14.3. The van der Waals surface area contributed by atoms with Crippen LogP contribution in [0.1, 0.15) is 29.4 Å². The van der Waals surface area contributed by atoms with Crippen LogP contribution in [0.25, 0.3) is 0 Å². The van der Waals surface area contributed by atoms with Gasteiger partial charge in [-0.2, -0.15) is 5.10 Å². The molecule has 25 heavy (non-hydrogen) atoms. The van der Waals surface area contributed by atoms with Crippen molar-refractivity contribution in [3.63, 3.8) is 0 Å². The number of rotatable bonds is 4. The maximum atomic E-state index is 12.7. The lowest BCUT2D eigenvalue weighted by atomic mass is 9.94. The van der Waals surface area contributed by atoms with Gasteiger partial charge < -0.3 is 19.2 Å². The second-order valence-electron chi connectivity index (χ2n) is 6.13. The number of ether oxygens (including phenoxy) is 1. The second-order valence-corrected chi connectivity index (χ2v) is 6.13. The number of carbonyl (C=O) groups excluding carboxylic acids is 1. The highest BCUT2D eigenvalue weighted by molar-refractivity contribution is 5.77. The third kappa shape index (κ3) is 3.74. The van der Waals surface area contributed by atoms with E-state index in [1.165, 1.54) is 6.07 Å². The van der Waals surface area contributed by atoms with Crippen molar-refractivity contribution in [3.05, 3.63) is 45.8 Å². The van der Waals surface area contributed by atoms with E-state index in [1.54, 1.807) is 35.9 Å². The van der Waals surface area contributed by atoms with Crippen LogP contribution in [0.3, 0.4) is 0 Å². The molecule has 0 aliphatic carbocycles. The number of morpholine rings is 1. The third-order valence-corrected chi connectivity index (χ3v) is 4.26. The van der Waals surface area contributed by atoms with Crippen molar-refractivity contribution in [3.8, 4) is 5.75 Å². The Morgan fingerprint density at radius 2 is 2.12 bits per heavy atom. The SMILES string of the molecule is Cc1cc(=O)c(O)c([C@@H](CC(=O)N2CCOCC2)c2cnn(C)c2)o1. The van der Waals surface area contributed by atoms with Crippen LogP contribution in [0.15, 0.2) is 27.7 Å². The molecule has 1 amide bonds. The van der Waals surface area contributed by atoms with Gasteiger partial charge in [0.25, 0.3) is 0 Å². The molecule has 1 fully saturated rings. The van der Waals surface area contributed by atoms with Crippen LogP contribution < -0.4 is 5.43 Å². The van der Waals surface area contributed by atoms with Crippen molar-refractivity contribution < 1.29 is 19.1 Å². The van der Waals surface area contributed by atoms with Gasteiger partial charge in [0, 0.05) is 44.4 Å². The summed E-state index contributed by atoms with van der Waals surface area (Å²) >= 11 is 0. The molecule has 0 bridgehead atoms. The minimum absolute atomic E-state index is 0.0750. The van der Waals surface area contributed by atoms with Crippen LogP contribution >= 0.6 is 0 Å². The molecule has 0 aromatic carbocycles. The molecule has 1 aliphatic rings.